The number of aliphatic hydroxyl groups is 1. The topological polar surface area (TPSA) is 194 Å². The SMILES string of the molecule is CC1(C)CCOc2c(C(=O)NC3CN4C(N)=N[C@@H](CNC(=O)c5cc(C(F)(F)F)ccn5)[C@@H]5[NH+]=C(N)N[C@@]54[C@@H]3O)cccc21. The van der Waals surface area contributed by atoms with Crippen LogP contribution in [-0.4, -0.2) is 88.3 Å². The molecule has 234 valence electrons. The lowest BCUT2D eigenvalue weighted by Gasteiger charge is -2.43. The number of rotatable bonds is 5. The third-order valence-electron chi connectivity index (χ3n) is 8.81. The normalized spacial score (nSPS) is 28.4. The van der Waals surface area contributed by atoms with Crippen molar-refractivity contribution in [1.29, 1.82) is 0 Å². The van der Waals surface area contributed by atoms with Crippen molar-refractivity contribution in [2.75, 3.05) is 19.7 Å². The highest BCUT2D eigenvalue weighted by molar-refractivity contribution is 5.98. The molecule has 2 amide bonds. The summed E-state index contributed by atoms with van der Waals surface area (Å²) in [5, 5.41) is 20.2. The van der Waals surface area contributed by atoms with Crippen LogP contribution in [0, 0.1) is 0 Å². The van der Waals surface area contributed by atoms with Gasteiger partial charge in [-0.25, -0.2) is 10.3 Å². The van der Waals surface area contributed by atoms with Crippen LogP contribution >= 0.6 is 0 Å². The van der Waals surface area contributed by atoms with E-state index in [1.54, 1.807) is 17.0 Å². The minimum absolute atomic E-state index is 0.0136. The maximum atomic E-state index is 13.6. The van der Waals surface area contributed by atoms with Gasteiger partial charge in [0.15, 0.2) is 12.0 Å². The Labute approximate surface area is 249 Å². The van der Waals surface area contributed by atoms with Crippen LogP contribution in [0.15, 0.2) is 41.5 Å². The second kappa shape index (κ2) is 10.2. The molecular weight excluding hydrogens is 583 g/mol. The van der Waals surface area contributed by atoms with Crippen molar-refractivity contribution in [3.05, 3.63) is 58.9 Å². The van der Waals surface area contributed by atoms with E-state index in [0.29, 0.717) is 24.0 Å². The molecule has 13 nitrogen and oxygen atoms in total. The van der Waals surface area contributed by atoms with Crippen molar-refractivity contribution in [3.63, 3.8) is 0 Å². The molecule has 2 aromatic rings. The molecule has 0 aliphatic carbocycles. The van der Waals surface area contributed by atoms with Crippen molar-refractivity contribution in [2.45, 2.75) is 61.8 Å². The van der Waals surface area contributed by atoms with Crippen LogP contribution in [0.3, 0.4) is 0 Å². The zero-order chi connectivity index (χ0) is 31.6. The summed E-state index contributed by atoms with van der Waals surface area (Å²) in [6.45, 7) is 4.55. The van der Waals surface area contributed by atoms with Gasteiger partial charge in [0.2, 0.25) is 5.66 Å². The maximum Gasteiger partial charge on any atom is 0.416 e. The van der Waals surface area contributed by atoms with E-state index >= 15 is 0 Å². The summed E-state index contributed by atoms with van der Waals surface area (Å²) < 4.78 is 45.3. The monoisotopic (exact) mass is 616 g/mol. The zero-order valence-corrected chi connectivity index (χ0v) is 23.9. The van der Waals surface area contributed by atoms with E-state index in [1.807, 2.05) is 6.07 Å². The van der Waals surface area contributed by atoms with Crippen LogP contribution in [0.25, 0.3) is 0 Å². The lowest BCUT2D eigenvalue weighted by Crippen LogP contribution is -2.88. The fourth-order valence-electron chi connectivity index (χ4n) is 6.50. The van der Waals surface area contributed by atoms with E-state index in [2.05, 4.69) is 44.8 Å². The van der Waals surface area contributed by atoms with Crippen LogP contribution in [0.1, 0.15) is 52.2 Å². The Kier molecular flexibility index (Phi) is 6.86. The van der Waals surface area contributed by atoms with Gasteiger partial charge in [-0.2, -0.15) is 13.2 Å². The number of halogens is 3. The molecule has 5 heterocycles. The minimum atomic E-state index is -4.64. The van der Waals surface area contributed by atoms with Crippen molar-refractivity contribution in [3.8, 4) is 5.75 Å². The van der Waals surface area contributed by atoms with Gasteiger partial charge < -0.3 is 31.1 Å². The maximum absolute atomic E-state index is 13.6. The molecule has 1 fully saturated rings. The number of carbonyl (C=O) groups is 2. The fraction of sp³-hybridized carbons (Fsp3) is 0.464. The Bertz CT molecular complexity index is 1580. The van der Waals surface area contributed by atoms with Gasteiger partial charge in [-0.05, 0) is 30.0 Å². The van der Waals surface area contributed by atoms with Crippen LogP contribution in [0.2, 0.25) is 0 Å². The van der Waals surface area contributed by atoms with Gasteiger partial charge in [0.1, 0.15) is 23.6 Å². The molecular formula is C28H33F3N9O4+. The summed E-state index contributed by atoms with van der Waals surface area (Å²) in [5.74, 6) is -0.655. The minimum Gasteiger partial charge on any atom is -0.492 e. The van der Waals surface area contributed by atoms with E-state index in [1.165, 1.54) is 0 Å². The molecule has 5 atom stereocenters. The first-order valence-electron chi connectivity index (χ1n) is 14.1. The van der Waals surface area contributed by atoms with E-state index < -0.39 is 59.1 Å². The Balaban J connectivity index is 1.21. The largest absolute Gasteiger partial charge is 0.492 e. The number of benzene rings is 1. The van der Waals surface area contributed by atoms with E-state index in [0.717, 1.165) is 24.2 Å². The Morgan fingerprint density at radius 1 is 1.25 bits per heavy atom. The Hall–Kier alpha value is -4.60. The number of carbonyl (C=O) groups excluding carboxylic acids is 2. The second-order valence-corrected chi connectivity index (χ2v) is 12.0. The number of amides is 2. The number of hydrogen-bond acceptors (Lipinski definition) is 10. The smallest absolute Gasteiger partial charge is 0.416 e. The predicted molar refractivity (Wildman–Crippen MR) is 150 cm³/mol. The molecule has 16 heteroatoms. The molecule has 1 aromatic carbocycles. The molecule has 0 radical (unpaired) electrons. The number of aromatic nitrogens is 1. The van der Waals surface area contributed by atoms with Crippen LogP contribution in [0.4, 0.5) is 13.2 Å². The van der Waals surface area contributed by atoms with E-state index in [9.17, 15) is 27.9 Å². The van der Waals surface area contributed by atoms with Crippen LogP contribution in [-0.2, 0) is 11.6 Å². The van der Waals surface area contributed by atoms with Crippen molar-refractivity contribution in [1.82, 2.24) is 25.8 Å². The van der Waals surface area contributed by atoms with Crippen LogP contribution < -0.4 is 37.1 Å². The molecule has 44 heavy (non-hydrogen) atoms. The highest BCUT2D eigenvalue weighted by Gasteiger charge is 2.68. The van der Waals surface area contributed by atoms with E-state index in [-0.39, 0.29) is 30.4 Å². The fourth-order valence-corrected chi connectivity index (χ4v) is 6.50. The van der Waals surface area contributed by atoms with Gasteiger partial charge in [0.05, 0.1) is 23.8 Å². The molecule has 0 bridgehead atoms. The summed E-state index contributed by atoms with van der Waals surface area (Å²) >= 11 is 0. The molecule has 9 N–H and O–H groups in total. The average Bonchev–Trinajstić information content (AvgIpc) is 3.46. The second-order valence-electron chi connectivity index (χ2n) is 12.0. The standard InChI is InChI=1S/C28H32F3N9O4/c1-26(2)7-9-44-19-14(4-3-5-15(19)26)22(42)36-18-12-40-25(33)37-17(20-27(40,21(18)41)39-24(32)38-20)11-35-23(43)16-10-13(6-8-34-16)28(29,30)31/h3-6,8,10,17-18,20-21,41H,7,9,11-12H2,1-2H3,(H2,33,37)(H,35,43)(H,36,42)(H3,32,38,39)/p+1/t17-,18?,20-,21+,27-/m0/s1. The molecule has 4 aliphatic rings. The number of guanidine groups is 2. The van der Waals surface area contributed by atoms with Crippen LogP contribution in [0.5, 0.6) is 5.75 Å². The first-order valence-corrected chi connectivity index (χ1v) is 14.1. The summed E-state index contributed by atoms with van der Waals surface area (Å²) in [5.41, 5.74) is 10.8. The lowest BCUT2D eigenvalue weighted by molar-refractivity contribution is -0.513. The quantitative estimate of drug-likeness (QED) is 0.201. The highest BCUT2D eigenvalue weighted by atomic mass is 19.4. The number of hydrogen-bond donors (Lipinski definition) is 7. The average molecular weight is 617 g/mol. The van der Waals surface area contributed by atoms with Gasteiger partial charge in [0, 0.05) is 24.8 Å². The summed E-state index contributed by atoms with van der Waals surface area (Å²) in [4.78, 5) is 39.2. The number of fused-ring (bicyclic) bond motifs is 1. The number of ether oxygens (including phenoxy) is 1. The number of aliphatic hydroxyl groups excluding tert-OH is 1. The third kappa shape index (κ3) is 4.73. The number of pyridine rings is 1. The molecule has 1 unspecified atom stereocenters. The number of para-hydroxylation sites is 1. The number of alkyl halides is 3. The first-order chi connectivity index (χ1) is 20.7. The van der Waals surface area contributed by atoms with E-state index in [4.69, 9.17) is 16.2 Å². The third-order valence-corrected chi connectivity index (χ3v) is 8.81. The van der Waals surface area contributed by atoms with Crippen molar-refractivity contribution in [2.24, 2.45) is 16.5 Å². The first kappa shape index (κ1) is 29.5. The van der Waals surface area contributed by atoms with Crippen molar-refractivity contribution < 1.29 is 37.6 Å². The highest BCUT2D eigenvalue weighted by Crippen LogP contribution is 2.41. The summed E-state index contributed by atoms with van der Waals surface area (Å²) in [7, 11) is 0. The van der Waals surface area contributed by atoms with Crippen molar-refractivity contribution >= 4 is 23.7 Å². The molecule has 4 aliphatic heterocycles. The summed E-state index contributed by atoms with van der Waals surface area (Å²) in [6.07, 6.45) is -4.20. The number of nitrogens with zero attached hydrogens (tertiary/aromatic N) is 3. The van der Waals surface area contributed by atoms with Gasteiger partial charge in [-0.15, -0.1) is 0 Å². The Morgan fingerprint density at radius 2 is 2.02 bits per heavy atom. The van der Waals surface area contributed by atoms with Gasteiger partial charge in [-0.1, -0.05) is 26.0 Å². The van der Waals surface area contributed by atoms with Gasteiger partial charge in [-0.3, -0.25) is 25.3 Å². The predicted octanol–water partition coefficient (Wildman–Crippen LogP) is -1.87. The Morgan fingerprint density at radius 3 is 2.77 bits per heavy atom. The molecule has 0 saturated carbocycles. The lowest BCUT2D eigenvalue weighted by atomic mass is 9.79. The van der Waals surface area contributed by atoms with Gasteiger partial charge in [0.25, 0.3) is 11.8 Å². The molecule has 1 aromatic heterocycles. The number of nitrogens with two attached hydrogens (primary N) is 2. The zero-order valence-electron chi connectivity index (χ0n) is 23.9. The molecule has 1 saturated heterocycles. The number of nitrogens with one attached hydrogen (secondary N) is 4. The number of aliphatic imine (C=N–C) groups is 1. The van der Waals surface area contributed by atoms with Gasteiger partial charge >= 0.3 is 12.1 Å². The molecule has 6 rings (SSSR count). The summed E-state index contributed by atoms with van der Waals surface area (Å²) in [6, 6.07) is 4.43. The molecule has 1 spiro atoms.